The Bertz CT molecular complexity index is 1840. The van der Waals surface area contributed by atoms with Gasteiger partial charge >= 0.3 is 17.9 Å². The molecule has 12 nitrogen and oxygen atoms in total. The zero-order chi connectivity index (χ0) is 40.1. The van der Waals surface area contributed by atoms with Crippen molar-refractivity contribution in [1.29, 1.82) is 0 Å². The standard InChI is InChI=1S/C46H60N4O8/c1-57-31-11-24(15-33(42(51)52)28-3-6-47-18-28)9-26(13-31)21-50(22-27-10-25(12-32(14-27)58-2)16-34(43(53)54)29-4-7-48-19-29)23-46-39-36-38-37(39)41(46)45(38,40(36)46)17-35(44(55)56)30-5-8-49-20-30/h9-14,28-30,33-41,47-49H,3-8,15-23H2,1-2H3,(H,51,52)(H,53,54)(H,55,56)/t28-,29-,30-,33-,34-,35-,36?,37?,38?,39?,40?,41?,45?,46?/m0/s1. The SMILES string of the molecule is COc1cc(C[C@H](C(=O)O)[C@H]2CCNC2)cc(CN(Cc2cc(C[C@H](C(=O)O)[C@H]3CCNC3)cc(OC)c2)CC23C4C5C6C4C2C6(C[C@H](C(=O)O)[C@H]2CCNC2)C53)c1. The average Bonchev–Trinajstić information content (AvgIpc) is 4.03. The number of carboxylic acids is 3. The van der Waals surface area contributed by atoms with Crippen molar-refractivity contribution in [2.75, 3.05) is 60.0 Å². The van der Waals surface area contributed by atoms with E-state index in [0.29, 0.717) is 37.8 Å². The maximum absolute atomic E-state index is 12.7. The first-order chi connectivity index (χ1) is 28.1. The van der Waals surface area contributed by atoms with Gasteiger partial charge in [-0.1, -0.05) is 12.1 Å². The highest BCUT2D eigenvalue weighted by Gasteiger charge is 3.09. The Morgan fingerprint density at radius 2 is 1.05 bits per heavy atom. The lowest BCUT2D eigenvalue weighted by atomic mass is 8.91. The number of rotatable bonds is 20. The number of ether oxygens (including phenoxy) is 2. The van der Waals surface area contributed by atoms with Crippen LogP contribution in [0.2, 0.25) is 0 Å². The van der Waals surface area contributed by atoms with E-state index in [4.69, 9.17) is 9.47 Å². The highest BCUT2D eigenvalue weighted by molar-refractivity contribution is 5.72. The van der Waals surface area contributed by atoms with Crippen molar-refractivity contribution in [3.8, 4) is 11.5 Å². The third-order valence-electron chi connectivity index (χ3n) is 17.3. The molecule has 3 heterocycles. The molecule has 0 amide bonds. The lowest BCUT2D eigenvalue weighted by Crippen LogP contribution is -3.10. The summed E-state index contributed by atoms with van der Waals surface area (Å²) in [7, 11) is 3.33. The van der Waals surface area contributed by atoms with E-state index in [1.54, 1.807) is 14.2 Å². The molecule has 0 aromatic heterocycles. The molecule has 2 aromatic carbocycles. The van der Waals surface area contributed by atoms with E-state index in [0.717, 1.165) is 129 Å². The second kappa shape index (κ2) is 14.5. The van der Waals surface area contributed by atoms with Crippen LogP contribution in [0.4, 0.5) is 0 Å². The fourth-order valence-corrected chi connectivity index (χ4v) is 15.3. The molecule has 3 saturated heterocycles. The summed E-state index contributed by atoms with van der Waals surface area (Å²) in [5, 5.41) is 41.1. The monoisotopic (exact) mass is 796 g/mol. The van der Waals surface area contributed by atoms with Gasteiger partial charge in [0.15, 0.2) is 0 Å². The minimum atomic E-state index is -0.758. The van der Waals surface area contributed by atoms with Crippen molar-refractivity contribution in [2.24, 2.45) is 81.8 Å². The molecule has 12 heteroatoms. The fourth-order valence-electron chi connectivity index (χ4n) is 15.3. The third kappa shape index (κ3) is 5.70. The van der Waals surface area contributed by atoms with Gasteiger partial charge in [0.1, 0.15) is 11.5 Å². The molecule has 4 unspecified atom stereocenters. The summed E-state index contributed by atoms with van der Waals surface area (Å²) in [4.78, 5) is 40.3. The summed E-state index contributed by atoms with van der Waals surface area (Å²) in [6.07, 6.45) is 4.37. The van der Waals surface area contributed by atoms with Gasteiger partial charge in [0.05, 0.1) is 32.0 Å². The molecule has 9 aliphatic rings. The van der Waals surface area contributed by atoms with Gasteiger partial charge in [-0.2, -0.15) is 0 Å². The van der Waals surface area contributed by atoms with Crippen LogP contribution in [0.25, 0.3) is 0 Å². The van der Waals surface area contributed by atoms with Gasteiger partial charge in [-0.3, -0.25) is 19.3 Å². The quantitative estimate of drug-likeness (QED) is 0.115. The van der Waals surface area contributed by atoms with Gasteiger partial charge in [0, 0.05) is 19.6 Å². The molecule has 0 spiro atoms. The van der Waals surface area contributed by atoms with Gasteiger partial charge in [-0.15, -0.1) is 0 Å². The average molecular weight is 797 g/mol. The molecule has 312 valence electrons. The van der Waals surface area contributed by atoms with Gasteiger partial charge in [0.25, 0.3) is 0 Å². The van der Waals surface area contributed by atoms with E-state index in [1.807, 2.05) is 12.1 Å². The number of hydrogen-bond donors (Lipinski definition) is 6. The Kier molecular flexibility index (Phi) is 9.61. The number of hydrogen-bond acceptors (Lipinski definition) is 9. The first-order valence-electron chi connectivity index (χ1n) is 21.9. The van der Waals surface area contributed by atoms with Crippen molar-refractivity contribution in [3.05, 3.63) is 58.7 Å². The molecule has 2 aromatic rings. The second-order valence-electron chi connectivity index (χ2n) is 19.6. The first kappa shape index (κ1) is 38.5. The van der Waals surface area contributed by atoms with Gasteiger partial charge < -0.3 is 40.7 Å². The second-order valence-corrected chi connectivity index (χ2v) is 19.6. The lowest BCUT2D eigenvalue weighted by molar-refractivity contribution is -0.661. The third-order valence-corrected chi connectivity index (χ3v) is 17.3. The molecule has 6 saturated carbocycles. The normalized spacial score (nSPS) is 37.1. The molecule has 3 aliphatic heterocycles. The number of aliphatic carboxylic acids is 3. The summed E-state index contributed by atoms with van der Waals surface area (Å²) in [5.41, 5.74) is 4.52. The van der Waals surface area contributed by atoms with Crippen molar-refractivity contribution < 1.29 is 39.2 Å². The molecule has 6 aliphatic carbocycles. The fraction of sp³-hybridized carbons (Fsp3) is 0.674. The van der Waals surface area contributed by atoms with E-state index in [2.05, 4.69) is 45.1 Å². The zero-order valence-electron chi connectivity index (χ0n) is 33.8. The Balaban J connectivity index is 0.943. The highest BCUT2D eigenvalue weighted by Crippen LogP contribution is 3.11. The Morgan fingerprint density at radius 1 is 0.638 bits per heavy atom. The Hall–Kier alpha value is -3.71. The van der Waals surface area contributed by atoms with Crippen LogP contribution in [0.5, 0.6) is 11.5 Å². The summed E-state index contributed by atoms with van der Waals surface area (Å²) >= 11 is 0. The van der Waals surface area contributed by atoms with E-state index < -0.39 is 29.7 Å². The molecule has 11 rings (SSSR count). The van der Waals surface area contributed by atoms with Crippen molar-refractivity contribution in [3.63, 3.8) is 0 Å². The van der Waals surface area contributed by atoms with Crippen LogP contribution >= 0.6 is 0 Å². The van der Waals surface area contributed by atoms with Crippen molar-refractivity contribution >= 4 is 17.9 Å². The zero-order valence-corrected chi connectivity index (χ0v) is 33.8. The van der Waals surface area contributed by atoms with Crippen molar-refractivity contribution in [2.45, 2.75) is 51.6 Å². The summed E-state index contributed by atoms with van der Waals surface area (Å²) in [6, 6.07) is 12.5. The van der Waals surface area contributed by atoms with Crippen LogP contribution in [0.3, 0.4) is 0 Å². The number of carboxylic acid groups (broad SMARTS) is 3. The Morgan fingerprint density at radius 3 is 1.45 bits per heavy atom. The van der Waals surface area contributed by atoms with Gasteiger partial charge in [-0.25, -0.2) is 0 Å². The molecule has 0 bridgehead atoms. The summed E-state index contributed by atoms with van der Waals surface area (Å²) < 4.78 is 11.7. The molecular weight excluding hydrogens is 737 g/mol. The molecule has 9 fully saturated rings. The van der Waals surface area contributed by atoms with E-state index in [-0.39, 0.29) is 34.5 Å². The number of nitrogens with zero attached hydrogens (tertiary/aromatic N) is 1. The molecule has 0 radical (unpaired) electrons. The highest BCUT2D eigenvalue weighted by atomic mass is 16.5. The van der Waals surface area contributed by atoms with Crippen LogP contribution in [0, 0.1) is 81.8 Å². The maximum atomic E-state index is 12.7. The topological polar surface area (TPSA) is 170 Å². The van der Waals surface area contributed by atoms with Crippen LogP contribution in [0.15, 0.2) is 36.4 Å². The Labute approximate surface area is 340 Å². The molecule has 6 N–H and O–H groups in total. The van der Waals surface area contributed by atoms with E-state index in [9.17, 15) is 29.7 Å². The number of nitrogens with one attached hydrogen (secondary N) is 3. The van der Waals surface area contributed by atoms with Crippen LogP contribution < -0.4 is 25.4 Å². The van der Waals surface area contributed by atoms with Crippen LogP contribution in [-0.4, -0.2) is 98.2 Å². The predicted molar refractivity (Wildman–Crippen MR) is 214 cm³/mol. The summed E-state index contributed by atoms with van der Waals surface area (Å²) in [5.74, 6) is 2.65. The van der Waals surface area contributed by atoms with Gasteiger partial charge in [-0.05, 0) is 188 Å². The first-order valence-corrected chi connectivity index (χ1v) is 21.9. The number of benzene rings is 2. The maximum Gasteiger partial charge on any atom is 0.307 e. The number of carbonyl (C=O) groups is 3. The van der Waals surface area contributed by atoms with Crippen molar-refractivity contribution in [1.82, 2.24) is 20.9 Å². The van der Waals surface area contributed by atoms with Gasteiger partial charge in [0.2, 0.25) is 0 Å². The number of methoxy groups -OCH3 is 2. The molecule has 10 atom stereocenters. The van der Waals surface area contributed by atoms with E-state index in [1.165, 1.54) is 0 Å². The molecule has 58 heavy (non-hydrogen) atoms. The lowest BCUT2D eigenvalue weighted by Gasteiger charge is -3.12. The predicted octanol–water partition coefficient (Wildman–Crippen LogP) is 3.85. The molecular formula is C46H60N4O8. The largest absolute Gasteiger partial charge is 0.497 e. The summed E-state index contributed by atoms with van der Waals surface area (Å²) in [6.45, 7) is 7.06. The minimum Gasteiger partial charge on any atom is -0.497 e. The van der Waals surface area contributed by atoms with Crippen LogP contribution in [0.1, 0.15) is 47.9 Å². The minimum absolute atomic E-state index is 0.0864. The smallest absolute Gasteiger partial charge is 0.307 e. The van der Waals surface area contributed by atoms with Crippen LogP contribution in [-0.2, 0) is 40.3 Å². The van der Waals surface area contributed by atoms with E-state index >= 15 is 0 Å².